The molecule has 156 valence electrons. The summed E-state index contributed by atoms with van der Waals surface area (Å²) in [6, 6.07) is 18.9. The number of fused-ring (bicyclic) bond motifs is 1. The van der Waals surface area contributed by atoms with Crippen molar-refractivity contribution in [3.63, 3.8) is 0 Å². The van der Waals surface area contributed by atoms with Gasteiger partial charge in [0.25, 0.3) is 0 Å². The molecule has 2 aromatic carbocycles. The van der Waals surface area contributed by atoms with E-state index in [0.29, 0.717) is 24.2 Å². The van der Waals surface area contributed by atoms with Gasteiger partial charge < -0.3 is 4.90 Å². The first-order valence-corrected chi connectivity index (χ1v) is 11.0. The number of hydrogen-bond donors (Lipinski definition) is 0. The molecule has 2 aliphatic heterocycles. The first kappa shape index (κ1) is 20.6. The summed E-state index contributed by atoms with van der Waals surface area (Å²) in [4.78, 5) is 17.8. The first-order valence-electron chi connectivity index (χ1n) is 11.0. The van der Waals surface area contributed by atoms with E-state index in [1.165, 1.54) is 11.1 Å². The van der Waals surface area contributed by atoms with Crippen LogP contribution in [0.4, 0.5) is 0 Å². The van der Waals surface area contributed by atoms with E-state index in [4.69, 9.17) is 0 Å². The van der Waals surface area contributed by atoms with E-state index in [1.54, 1.807) is 0 Å². The summed E-state index contributed by atoms with van der Waals surface area (Å²) >= 11 is 0. The molecule has 0 N–H and O–H groups in total. The normalized spacial score (nSPS) is 23.6. The van der Waals surface area contributed by atoms with Crippen molar-refractivity contribution >= 4 is 5.91 Å². The van der Waals surface area contributed by atoms with Crippen molar-refractivity contribution in [3.05, 3.63) is 70.8 Å². The quantitative estimate of drug-likeness (QED) is 0.739. The predicted octanol–water partition coefficient (Wildman–Crippen LogP) is 4.54. The van der Waals surface area contributed by atoms with Crippen molar-refractivity contribution in [1.29, 1.82) is 5.26 Å². The van der Waals surface area contributed by atoms with Gasteiger partial charge in [-0.3, -0.25) is 9.69 Å². The number of aryl methyl sites for hydroxylation is 1. The van der Waals surface area contributed by atoms with Gasteiger partial charge in [0.15, 0.2) is 0 Å². The van der Waals surface area contributed by atoms with Crippen LogP contribution < -0.4 is 0 Å². The summed E-state index contributed by atoms with van der Waals surface area (Å²) in [7, 11) is 0. The molecule has 0 radical (unpaired) electrons. The van der Waals surface area contributed by atoms with Gasteiger partial charge in [0.05, 0.1) is 17.7 Å². The molecule has 0 saturated carbocycles. The number of amides is 1. The van der Waals surface area contributed by atoms with E-state index in [1.807, 2.05) is 18.2 Å². The zero-order chi connectivity index (χ0) is 21.3. The van der Waals surface area contributed by atoms with E-state index >= 15 is 0 Å². The number of rotatable bonds is 5. The fourth-order valence-electron chi connectivity index (χ4n) is 5.31. The topological polar surface area (TPSA) is 47.3 Å². The molecule has 2 aromatic rings. The number of carbonyl (C=O) groups excluding carboxylic acids is 1. The van der Waals surface area contributed by atoms with E-state index < -0.39 is 0 Å². The minimum Gasteiger partial charge on any atom is -0.335 e. The highest BCUT2D eigenvalue weighted by Gasteiger charge is 2.49. The van der Waals surface area contributed by atoms with Crippen molar-refractivity contribution in [2.45, 2.75) is 39.8 Å². The van der Waals surface area contributed by atoms with Crippen LogP contribution in [0.15, 0.2) is 48.5 Å². The van der Waals surface area contributed by atoms with Gasteiger partial charge in [0.2, 0.25) is 5.91 Å². The van der Waals surface area contributed by atoms with Crippen LogP contribution >= 0.6 is 0 Å². The molecule has 0 aliphatic carbocycles. The van der Waals surface area contributed by atoms with Crippen molar-refractivity contribution in [2.24, 2.45) is 17.8 Å². The van der Waals surface area contributed by atoms with Gasteiger partial charge in [0.1, 0.15) is 0 Å². The second-order valence-electron chi connectivity index (χ2n) is 9.33. The summed E-state index contributed by atoms with van der Waals surface area (Å²) < 4.78 is 0. The molecule has 3 atom stereocenters. The van der Waals surface area contributed by atoms with Crippen LogP contribution in [-0.4, -0.2) is 35.3 Å². The Balaban J connectivity index is 1.58. The molecule has 4 rings (SSSR count). The SMILES string of the molecule is Cc1ccccc1[C@@H]1[C@H]2CN(Cc3ccccc3C#N)C[C@H]2CN1C(=O)CC(C)C. The maximum atomic E-state index is 13.1. The van der Waals surface area contributed by atoms with E-state index in [2.05, 4.69) is 67.0 Å². The summed E-state index contributed by atoms with van der Waals surface area (Å²) in [5.74, 6) is 1.58. The second-order valence-corrected chi connectivity index (χ2v) is 9.33. The van der Waals surface area contributed by atoms with Gasteiger partial charge in [-0.25, -0.2) is 0 Å². The minimum atomic E-state index is 0.152. The van der Waals surface area contributed by atoms with Crippen LogP contribution in [0.3, 0.4) is 0 Å². The fourth-order valence-corrected chi connectivity index (χ4v) is 5.31. The maximum absolute atomic E-state index is 13.1. The Hall–Kier alpha value is -2.64. The molecule has 2 fully saturated rings. The van der Waals surface area contributed by atoms with Crippen LogP contribution in [0.1, 0.15) is 48.6 Å². The van der Waals surface area contributed by atoms with Crippen LogP contribution in [0.25, 0.3) is 0 Å². The third kappa shape index (κ3) is 4.00. The Morgan fingerprint density at radius 1 is 1.10 bits per heavy atom. The predicted molar refractivity (Wildman–Crippen MR) is 119 cm³/mol. The Bertz CT molecular complexity index is 961. The number of likely N-dealkylation sites (tertiary alicyclic amines) is 2. The lowest BCUT2D eigenvalue weighted by Gasteiger charge is -2.31. The monoisotopic (exact) mass is 401 g/mol. The Labute approximate surface area is 180 Å². The number of nitriles is 1. The van der Waals surface area contributed by atoms with Gasteiger partial charge in [-0.1, -0.05) is 56.3 Å². The van der Waals surface area contributed by atoms with E-state index in [0.717, 1.165) is 37.3 Å². The Kier molecular flexibility index (Phi) is 5.92. The molecule has 0 spiro atoms. The molecule has 4 heteroatoms. The highest BCUT2D eigenvalue weighted by atomic mass is 16.2. The van der Waals surface area contributed by atoms with Gasteiger partial charge in [-0.2, -0.15) is 5.26 Å². The Morgan fingerprint density at radius 2 is 1.83 bits per heavy atom. The van der Waals surface area contributed by atoms with Crippen molar-refractivity contribution in [1.82, 2.24) is 9.80 Å². The smallest absolute Gasteiger partial charge is 0.223 e. The lowest BCUT2D eigenvalue weighted by atomic mass is 9.87. The lowest BCUT2D eigenvalue weighted by molar-refractivity contribution is -0.133. The minimum absolute atomic E-state index is 0.152. The van der Waals surface area contributed by atoms with Crippen LogP contribution in [0.5, 0.6) is 0 Å². The maximum Gasteiger partial charge on any atom is 0.223 e. The zero-order valence-corrected chi connectivity index (χ0v) is 18.2. The van der Waals surface area contributed by atoms with Crippen molar-refractivity contribution in [3.8, 4) is 6.07 Å². The number of nitrogens with zero attached hydrogens (tertiary/aromatic N) is 3. The molecule has 0 unspecified atom stereocenters. The van der Waals surface area contributed by atoms with Crippen molar-refractivity contribution < 1.29 is 4.79 Å². The van der Waals surface area contributed by atoms with E-state index in [9.17, 15) is 10.1 Å². The summed E-state index contributed by atoms with van der Waals surface area (Å²) in [5.41, 5.74) is 4.42. The highest BCUT2D eigenvalue weighted by Crippen LogP contribution is 2.46. The van der Waals surface area contributed by atoms with Crippen molar-refractivity contribution in [2.75, 3.05) is 19.6 Å². The average Bonchev–Trinajstić information content (AvgIpc) is 3.26. The summed E-state index contributed by atoms with van der Waals surface area (Å²) in [6.45, 7) is 9.98. The molecule has 0 aromatic heterocycles. The average molecular weight is 402 g/mol. The Morgan fingerprint density at radius 3 is 2.57 bits per heavy atom. The number of carbonyl (C=O) groups is 1. The summed E-state index contributed by atoms with van der Waals surface area (Å²) in [5, 5.41) is 9.43. The molecule has 30 heavy (non-hydrogen) atoms. The van der Waals surface area contributed by atoms with E-state index in [-0.39, 0.29) is 11.9 Å². The third-order valence-corrected chi connectivity index (χ3v) is 6.68. The standard InChI is InChI=1S/C26H31N3O/c1-18(2)12-25(30)29-16-22-15-28(14-21-10-6-5-9-20(21)13-27)17-24(22)26(29)23-11-7-4-8-19(23)3/h4-11,18,22,24,26H,12,14-17H2,1-3H3/t22-,24-,26+/m0/s1. The third-order valence-electron chi connectivity index (χ3n) is 6.68. The molecule has 4 nitrogen and oxygen atoms in total. The number of hydrogen-bond acceptors (Lipinski definition) is 3. The molecular formula is C26H31N3O. The van der Waals surface area contributed by atoms with Crippen LogP contribution in [-0.2, 0) is 11.3 Å². The molecule has 2 aliphatic rings. The fraction of sp³-hybridized carbons (Fsp3) is 0.462. The molecule has 1 amide bonds. The van der Waals surface area contributed by atoms with Gasteiger partial charge in [-0.05, 0) is 41.5 Å². The highest BCUT2D eigenvalue weighted by molar-refractivity contribution is 5.77. The molecular weight excluding hydrogens is 370 g/mol. The van der Waals surface area contributed by atoms with Crippen LogP contribution in [0.2, 0.25) is 0 Å². The lowest BCUT2D eigenvalue weighted by Crippen LogP contribution is -2.36. The van der Waals surface area contributed by atoms with Gasteiger partial charge >= 0.3 is 0 Å². The molecule has 2 heterocycles. The first-order chi connectivity index (χ1) is 14.5. The molecule has 0 bridgehead atoms. The summed E-state index contributed by atoms with van der Waals surface area (Å²) in [6.07, 6.45) is 0.612. The van der Waals surface area contributed by atoms with Gasteiger partial charge in [-0.15, -0.1) is 0 Å². The zero-order valence-electron chi connectivity index (χ0n) is 18.2. The number of benzene rings is 2. The molecule has 2 saturated heterocycles. The van der Waals surface area contributed by atoms with Crippen LogP contribution in [0, 0.1) is 36.0 Å². The largest absolute Gasteiger partial charge is 0.335 e. The second kappa shape index (κ2) is 8.62. The van der Waals surface area contributed by atoms with Gasteiger partial charge in [0, 0.05) is 38.5 Å².